The molecular formula is C17H27N3O2. The van der Waals surface area contributed by atoms with Gasteiger partial charge in [-0.15, -0.1) is 0 Å². The quantitative estimate of drug-likeness (QED) is 0.841. The molecule has 1 amide bonds. The highest BCUT2D eigenvalue weighted by molar-refractivity contribution is 5.68. The van der Waals surface area contributed by atoms with Gasteiger partial charge in [-0.1, -0.05) is 6.07 Å². The second-order valence-corrected chi connectivity index (χ2v) is 7.06. The molecule has 0 spiro atoms. The molecule has 0 bridgehead atoms. The first kappa shape index (κ1) is 16.6. The predicted molar refractivity (Wildman–Crippen MR) is 88.3 cm³/mol. The fourth-order valence-electron chi connectivity index (χ4n) is 2.60. The van der Waals surface area contributed by atoms with Crippen molar-refractivity contribution in [2.45, 2.75) is 45.1 Å². The second kappa shape index (κ2) is 6.55. The number of aromatic nitrogens is 1. The highest BCUT2D eigenvalue weighted by atomic mass is 16.6. The summed E-state index contributed by atoms with van der Waals surface area (Å²) in [5.41, 5.74) is 0.685. The number of anilines is 1. The molecule has 0 atom stereocenters. The van der Waals surface area contributed by atoms with Gasteiger partial charge in [0.1, 0.15) is 11.4 Å². The average molecular weight is 305 g/mol. The topological polar surface area (TPSA) is 45.7 Å². The molecule has 1 aromatic rings. The number of pyridine rings is 1. The molecule has 0 aromatic carbocycles. The van der Waals surface area contributed by atoms with Crippen molar-refractivity contribution >= 4 is 11.9 Å². The van der Waals surface area contributed by atoms with E-state index < -0.39 is 5.60 Å². The van der Waals surface area contributed by atoms with E-state index in [2.05, 4.69) is 12.1 Å². The first-order valence-corrected chi connectivity index (χ1v) is 7.88. The monoisotopic (exact) mass is 305 g/mol. The van der Waals surface area contributed by atoms with Crippen LogP contribution in [-0.4, -0.2) is 48.8 Å². The van der Waals surface area contributed by atoms with Crippen molar-refractivity contribution in [1.82, 2.24) is 9.88 Å². The number of piperidine rings is 1. The Hall–Kier alpha value is -1.78. The summed E-state index contributed by atoms with van der Waals surface area (Å²) in [5, 5.41) is 0. The van der Waals surface area contributed by atoms with Crippen molar-refractivity contribution in [3.05, 3.63) is 23.9 Å². The predicted octanol–water partition coefficient (Wildman–Crippen LogP) is 3.26. The minimum atomic E-state index is -0.435. The Morgan fingerprint density at radius 3 is 2.45 bits per heavy atom. The molecule has 5 nitrogen and oxygen atoms in total. The van der Waals surface area contributed by atoms with Crippen LogP contribution in [-0.2, 0) is 4.74 Å². The Morgan fingerprint density at radius 1 is 1.27 bits per heavy atom. The third-order valence-electron chi connectivity index (χ3n) is 3.78. The van der Waals surface area contributed by atoms with E-state index in [9.17, 15) is 4.79 Å². The van der Waals surface area contributed by atoms with Crippen LogP contribution in [0.1, 0.15) is 45.2 Å². The van der Waals surface area contributed by atoms with Crippen LogP contribution in [0.15, 0.2) is 18.2 Å². The van der Waals surface area contributed by atoms with Crippen molar-refractivity contribution in [1.29, 1.82) is 0 Å². The van der Waals surface area contributed by atoms with E-state index >= 15 is 0 Å². The smallest absolute Gasteiger partial charge is 0.410 e. The molecule has 122 valence electrons. The van der Waals surface area contributed by atoms with Gasteiger partial charge in [0.05, 0.1) is 0 Å². The zero-order valence-electron chi connectivity index (χ0n) is 14.3. The van der Waals surface area contributed by atoms with Gasteiger partial charge in [0, 0.05) is 38.8 Å². The summed E-state index contributed by atoms with van der Waals surface area (Å²) in [7, 11) is 3.99. The molecule has 0 N–H and O–H groups in total. The van der Waals surface area contributed by atoms with Gasteiger partial charge < -0.3 is 14.5 Å². The summed E-state index contributed by atoms with van der Waals surface area (Å²) in [6, 6.07) is 6.15. The van der Waals surface area contributed by atoms with E-state index in [-0.39, 0.29) is 6.09 Å². The maximum absolute atomic E-state index is 12.1. The number of likely N-dealkylation sites (tertiary alicyclic amines) is 1. The molecular weight excluding hydrogens is 278 g/mol. The van der Waals surface area contributed by atoms with Gasteiger partial charge in [-0.05, 0) is 45.7 Å². The van der Waals surface area contributed by atoms with Gasteiger partial charge >= 0.3 is 6.09 Å². The third-order valence-corrected chi connectivity index (χ3v) is 3.78. The number of nitrogens with zero attached hydrogens (tertiary/aromatic N) is 3. The number of carbonyl (C=O) groups excluding carboxylic acids is 1. The van der Waals surface area contributed by atoms with Crippen molar-refractivity contribution in [3.8, 4) is 0 Å². The van der Waals surface area contributed by atoms with Crippen LogP contribution in [0.2, 0.25) is 0 Å². The largest absolute Gasteiger partial charge is 0.444 e. The minimum absolute atomic E-state index is 0.207. The molecule has 1 fully saturated rings. The molecule has 5 heteroatoms. The normalized spacial score (nSPS) is 16.5. The Kier molecular flexibility index (Phi) is 4.94. The zero-order valence-corrected chi connectivity index (χ0v) is 14.3. The lowest BCUT2D eigenvalue weighted by atomic mass is 9.93. The molecule has 0 aliphatic carbocycles. The van der Waals surface area contributed by atoms with Crippen LogP contribution >= 0.6 is 0 Å². The van der Waals surface area contributed by atoms with Crippen LogP contribution in [0.5, 0.6) is 0 Å². The molecule has 22 heavy (non-hydrogen) atoms. The van der Waals surface area contributed by atoms with E-state index in [4.69, 9.17) is 9.72 Å². The molecule has 1 saturated heterocycles. The van der Waals surface area contributed by atoms with Crippen LogP contribution in [0.4, 0.5) is 10.6 Å². The van der Waals surface area contributed by atoms with Crippen LogP contribution in [0.25, 0.3) is 0 Å². The zero-order chi connectivity index (χ0) is 16.3. The van der Waals surface area contributed by atoms with Crippen molar-refractivity contribution in [3.63, 3.8) is 0 Å². The number of hydrogen-bond acceptors (Lipinski definition) is 4. The lowest BCUT2D eigenvalue weighted by molar-refractivity contribution is 0.0204. The Morgan fingerprint density at radius 2 is 1.91 bits per heavy atom. The number of hydrogen-bond donors (Lipinski definition) is 0. The maximum Gasteiger partial charge on any atom is 0.410 e. The van der Waals surface area contributed by atoms with E-state index in [0.29, 0.717) is 5.92 Å². The van der Waals surface area contributed by atoms with Crippen molar-refractivity contribution in [2.24, 2.45) is 0 Å². The number of ether oxygens (including phenoxy) is 1. The minimum Gasteiger partial charge on any atom is -0.444 e. The van der Waals surface area contributed by atoms with E-state index in [1.807, 2.05) is 45.8 Å². The van der Waals surface area contributed by atoms with Gasteiger partial charge in [-0.25, -0.2) is 9.78 Å². The fourth-order valence-corrected chi connectivity index (χ4v) is 2.60. The molecule has 2 rings (SSSR count). The maximum atomic E-state index is 12.1. The fraction of sp³-hybridized carbons (Fsp3) is 0.647. The third kappa shape index (κ3) is 4.36. The Labute approximate surface area is 133 Å². The summed E-state index contributed by atoms with van der Waals surface area (Å²) in [6.07, 6.45) is 1.66. The molecule has 1 aromatic heterocycles. The Bertz CT molecular complexity index is 515. The lowest BCUT2D eigenvalue weighted by Crippen LogP contribution is -2.41. The summed E-state index contributed by atoms with van der Waals surface area (Å²) in [5.74, 6) is 1.39. The SMILES string of the molecule is CN(C)c1cccc(C2CCN(C(=O)OC(C)(C)C)CC2)n1. The highest BCUT2D eigenvalue weighted by Crippen LogP contribution is 2.28. The van der Waals surface area contributed by atoms with Crippen LogP contribution < -0.4 is 4.90 Å². The van der Waals surface area contributed by atoms with E-state index in [1.54, 1.807) is 4.90 Å². The summed E-state index contributed by atoms with van der Waals surface area (Å²) >= 11 is 0. The number of amides is 1. The molecule has 0 radical (unpaired) electrons. The van der Waals surface area contributed by atoms with Gasteiger partial charge in [0.15, 0.2) is 0 Å². The molecule has 1 aliphatic heterocycles. The lowest BCUT2D eigenvalue weighted by Gasteiger charge is -2.33. The van der Waals surface area contributed by atoms with Crippen molar-refractivity contribution < 1.29 is 9.53 Å². The first-order chi connectivity index (χ1) is 10.3. The van der Waals surface area contributed by atoms with Crippen LogP contribution in [0.3, 0.4) is 0 Å². The summed E-state index contributed by atoms with van der Waals surface area (Å²) in [6.45, 7) is 7.15. The van der Waals surface area contributed by atoms with Gasteiger partial charge in [-0.3, -0.25) is 0 Å². The molecule has 2 heterocycles. The van der Waals surface area contributed by atoms with Gasteiger partial charge in [-0.2, -0.15) is 0 Å². The number of rotatable bonds is 2. The highest BCUT2D eigenvalue weighted by Gasteiger charge is 2.28. The molecule has 0 saturated carbocycles. The van der Waals surface area contributed by atoms with E-state index in [0.717, 1.165) is 37.4 Å². The van der Waals surface area contributed by atoms with Crippen LogP contribution in [0, 0.1) is 0 Å². The molecule has 0 unspecified atom stereocenters. The molecule has 1 aliphatic rings. The Balaban J connectivity index is 1.95. The second-order valence-electron chi connectivity index (χ2n) is 7.06. The first-order valence-electron chi connectivity index (χ1n) is 7.88. The standard InChI is InChI=1S/C17H27N3O2/c1-17(2,3)22-16(21)20-11-9-13(10-12-20)14-7-6-8-15(18-14)19(4)5/h6-8,13H,9-12H2,1-5H3. The average Bonchev–Trinajstić information content (AvgIpc) is 2.46. The van der Waals surface area contributed by atoms with Gasteiger partial charge in [0.2, 0.25) is 0 Å². The van der Waals surface area contributed by atoms with E-state index in [1.165, 1.54) is 0 Å². The summed E-state index contributed by atoms with van der Waals surface area (Å²) < 4.78 is 5.43. The summed E-state index contributed by atoms with van der Waals surface area (Å²) in [4.78, 5) is 20.6. The van der Waals surface area contributed by atoms with Crippen molar-refractivity contribution in [2.75, 3.05) is 32.1 Å². The number of carbonyl (C=O) groups is 1. The van der Waals surface area contributed by atoms with Gasteiger partial charge in [0.25, 0.3) is 0 Å².